The monoisotopic (exact) mass is 344 g/mol. The minimum absolute atomic E-state index is 0.0792. The van der Waals surface area contributed by atoms with Gasteiger partial charge in [0.05, 0.1) is 11.2 Å². The van der Waals surface area contributed by atoms with Crippen LogP contribution in [0.5, 0.6) is 0 Å². The number of aryl methyl sites for hydroxylation is 1. The Balaban J connectivity index is 1.51. The van der Waals surface area contributed by atoms with Gasteiger partial charge in [0.1, 0.15) is 0 Å². The van der Waals surface area contributed by atoms with Crippen LogP contribution >= 0.6 is 0 Å². The number of hydrogen-bond donors (Lipinski definition) is 1. The first-order valence-corrected chi connectivity index (χ1v) is 8.52. The molecule has 0 unspecified atom stereocenters. The van der Waals surface area contributed by atoms with Crippen molar-refractivity contribution in [3.8, 4) is 11.3 Å². The first-order valence-electron chi connectivity index (χ1n) is 8.52. The first kappa shape index (κ1) is 14.9. The Bertz CT molecular complexity index is 1140. The van der Waals surface area contributed by atoms with Crippen molar-refractivity contribution in [1.29, 1.82) is 0 Å². The van der Waals surface area contributed by atoms with E-state index in [-0.39, 0.29) is 5.91 Å². The lowest BCUT2D eigenvalue weighted by Crippen LogP contribution is -2.29. The number of H-pyrrole nitrogens is 1. The van der Waals surface area contributed by atoms with Crippen LogP contribution in [0.3, 0.4) is 0 Å². The van der Waals surface area contributed by atoms with Crippen LogP contribution in [0, 0.1) is 6.92 Å². The number of amides is 1. The van der Waals surface area contributed by atoms with Crippen molar-refractivity contribution in [3.05, 3.63) is 65.5 Å². The lowest BCUT2D eigenvalue weighted by molar-refractivity contribution is 0.0986. The molecule has 1 aliphatic heterocycles. The largest absolute Gasteiger partial charge is 0.356 e. The number of fused-ring (bicyclic) bond motifs is 2. The van der Waals surface area contributed by atoms with E-state index in [9.17, 15) is 4.79 Å². The Morgan fingerprint density at radius 3 is 2.92 bits per heavy atom. The van der Waals surface area contributed by atoms with E-state index in [0.29, 0.717) is 12.2 Å². The molecule has 0 aliphatic carbocycles. The molecule has 0 fully saturated rings. The van der Waals surface area contributed by atoms with Gasteiger partial charge in [0.15, 0.2) is 11.5 Å². The number of benzene rings is 2. The van der Waals surface area contributed by atoms with Crippen LogP contribution in [0.1, 0.15) is 21.7 Å². The summed E-state index contributed by atoms with van der Waals surface area (Å²) in [5.74, 6) is 0.665. The number of hydrogen-bond acceptors (Lipinski definition) is 4. The van der Waals surface area contributed by atoms with Crippen molar-refractivity contribution in [3.63, 3.8) is 0 Å². The Kier molecular flexibility index (Phi) is 3.18. The normalized spacial score (nSPS) is 13.3. The van der Waals surface area contributed by atoms with E-state index in [0.717, 1.165) is 45.6 Å². The topological polar surface area (TPSA) is 75.0 Å². The van der Waals surface area contributed by atoms with E-state index < -0.39 is 0 Å². The van der Waals surface area contributed by atoms with Crippen LogP contribution in [-0.2, 0) is 6.42 Å². The van der Waals surface area contributed by atoms with E-state index in [1.807, 2.05) is 49.4 Å². The molecule has 4 aromatic rings. The molecule has 2 aromatic heterocycles. The standard InChI is InChI=1S/C20H16N4O2/c1-12-10-18(26-23-12)14-6-7-17-13(11-14)8-9-24(17)20(25)19-15-4-2-3-5-16(15)21-22-19/h2-7,10-11H,8-9H2,1H3,(H,21,22). The number of aromatic amines is 1. The molecule has 1 aliphatic rings. The van der Waals surface area contributed by atoms with Gasteiger partial charge >= 0.3 is 0 Å². The lowest BCUT2D eigenvalue weighted by atomic mass is 10.1. The summed E-state index contributed by atoms with van der Waals surface area (Å²) < 4.78 is 5.35. The molecule has 1 N–H and O–H groups in total. The fourth-order valence-electron chi connectivity index (χ4n) is 3.52. The second kappa shape index (κ2) is 5.56. The Morgan fingerprint density at radius 1 is 1.19 bits per heavy atom. The van der Waals surface area contributed by atoms with Crippen molar-refractivity contribution >= 4 is 22.5 Å². The smallest absolute Gasteiger partial charge is 0.279 e. The van der Waals surface area contributed by atoms with E-state index in [2.05, 4.69) is 21.4 Å². The molecule has 0 bridgehead atoms. The summed E-state index contributed by atoms with van der Waals surface area (Å²) in [6.45, 7) is 2.54. The summed E-state index contributed by atoms with van der Waals surface area (Å²) in [7, 11) is 0. The minimum atomic E-state index is -0.0792. The summed E-state index contributed by atoms with van der Waals surface area (Å²) in [6.07, 6.45) is 0.810. The fraction of sp³-hybridized carbons (Fsp3) is 0.150. The van der Waals surface area contributed by atoms with Gasteiger partial charge in [-0.15, -0.1) is 0 Å². The second-order valence-corrected chi connectivity index (χ2v) is 6.50. The van der Waals surface area contributed by atoms with Gasteiger partial charge in [-0.2, -0.15) is 5.10 Å². The molecule has 1 amide bonds. The zero-order chi connectivity index (χ0) is 17.7. The Morgan fingerprint density at radius 2 is 2.08 bits per heavy atom. The molecule has 26 heavy (non-hydrogen) atoms. The van der Waals surface area contributed by atoms with Gasteiger partial charge in [-0.1, -0.05) is 23.4 Å². The summed E-state index contributed by atoms with van der Waals surface area (Å²) in [4.78, 5) is 14.9. The second-order valence-electron chi connectivity index (χ2n) is 6.50. The Hall–Kier alpha value is -3.41. The van der Waals surface area contributed by atoms with Gasteiger partial charge in [-0.25, -0.2) is 0 Å². The highest BCUT2D eigenvalue weighted by atomic mass is 16.5. The molecule has 0 saturated heterocycles. The van der Waals surface area contributed by atoms with Crippen LogP contribution in [0.4, 0.5) is 5.69 Å². The van der Waals surface area contributed by atoms with E-state index in [1.165, 1.54) is 0 Å². The number of nitrogens with zero attached hydrogens (tertiary/aromatic N) is 3. The molecule has 0 radical (unpaired) electrons. The van der Waals surface area contributed by atoms with Crippen LogP contribution in [0.2, 0.25) is 0 Å². The Labute approximate surface area is 149 Å². The summed E-state index contributed by atoms with van der Waals surface area (Å²) in [6, 6.07) is 15.6. The maximum Gasteiger partial charge on any atom is 0.279 e. The molecule has 0 spiro atoms. The quantitative estimate of drug-likeness (QED) is 0.601. The maximum absolute atomic E-state index is 13.1. The average molecular weight is 344 g/mol. The summed E-state index contributed by atoms with van der Waals surface area (Å²) >= 11 is 0. The van der Waals surface area contributed by atoms with Crippen molar-refractivity contribution in [1.82, 2.24) is 15.4 Å². The predicted octanol–water partition coefficient (Wildman–Crippen LogP) is 3.73. The summed E-state index contributed by atoms with van der Waals surface area (Å²) in [5, 5.41) is 12.0. The van der Waals surface area contributed by atoms with Gasteiger partial charge in [0, 0.05) is 29.2 Å². The number of anilines is 1. The third-order valence-electron chi connectivity index (χ3n) is 4.81. The number of aromatic nitrogens is 3. The zero-order valence-electron chi connectivity index (χ0n) is 14.2. The van der Waals surface area contributed by atoms with Gasteiger partial charge in [-0.3, -0.25) is 9.89 Å². The SMILES string of the molecule is Cc1cc(-c2ccc3c(c2)CCN3C(=O)c2n[nH]c3ccccc23)on1. The molecule has 0 saturated carbocycles. The number of nitrogens with one attached hydrogen (secondary N) is 1. The van der Waals surface area contributed by atoms with Crippen molar-refractivity contribution in [2.45, 2.75) is 13.3 Å². The van der Waals surface area contributed by atoms with Gasteiger partial charge in [-0.05, 0) is 43.2 Å². The third-order valence-corrected chi connectivity index (χ3v) is 4.81. The predicted molar refractivity (Wildman–Crippen MR) is 98.2 cm³/mol. The fourth-order valence-corrected chi connectivity index (χ4v) is 3.52. The highest BCUT2D eigenvalue weighted by Crippen LogP contribution is 2.34. The molecular weight excluding hydrogens is 328 g/mol. The molecular formula is C20H16N4O2. The summed E-state index contributed by atoms with van der Waals surface area (Å²) in [5.41, 5.74) is 5.22. The number of carbonyl (C=O) groups is 1. The molecule has 5 rings (SSSR count). The van der Waals surface area contributed by atoms with Gasteiger partial charge < -0.3 is 9.42 Å². The highest BCUT2D eigenvalue weighted by Gasteiger charge is 2.28. The van der Waals surface area contributed by atoms with Crippen LogP contribution in [-0.4, -0.2) is 27.8 Å². The van der Waals surface area contributed by atoms with Crippen LogP contribution < -0.4 is 4.90 Å². The molecule has 128 valence electrons. The zero-order valence-corrected chi connectivity index (χ0v) is 14.2. The van der Waals surface area contributed by atoms with Crippen LogP contribution in [0.25, 0.3) is 22.2 Å². The first-order chi connectivity index (χ1) is 12.7. The van der Waals surface area contributed by atoms with E-state index in [4.69, 9.17) is 4.52 Å². The number of carbonyl (C=O) groups excluding carboxylic acids is 1. The molecule has 3 heterocycles. The van der Waals surface area contributed by atoms with E-state index >= 15 is 0 Å². The van der Waals surface area contributed by atoms with Crippen LogP contribution in [0.15, 0.2) is 53.1 Å². The molecule has 6 nitrogen and oxygen atoms in total. The molecule has 2 aromatic carbocycles. The highest BCUT2D eigenvalue weighted by molar-refractivity contribution is 6.13. The van der Waals surface area contributed by atoms with E-state index in [1.54, 1.807) is 4.90 Å². The van der Waals surface area contributed by atoms with Crippen molar-refractivity contribution in [2.75, 3.05) is 11.4 Å². The van der Waals surface area contributed by atoms with Crippen molar-refractivity contribution in [2.24, 2.45) is 0 Å². The molecule has 6 heteroatoms. The minimum Gasteiger partial charge on any atom is -0.356 e. The van der Waals surface area contributed by atoms with Gasteiger partial charge in [0.2, 0.25) is 0 Å². The average Bonchev–Trinajstić information content (AvgIpc) is 3.38. The van der Waals surface area contributed by atoms with Gasteiger partial charge in [0.25, 0.3) is 5.91 Å². The maximum atomic E-state index is 13.1. The van der Waals surface area contributed by atoms with Crippen molar-refractivity contribution < 1.29 is 9.32 Å². The molecule has 0 atom stereocenters. The lowest BCUT2D eigenvalue weighted by Gasteiger charge is -2.16. The number of para-hydroxylation sites is 1. The number of rotatable bonds is 2. The third kappa shape index (κ3) is 2.23.